The smallest absolute Gasteiger partial charge is 0.336 e. The molecule has 1 N–H and O–H groups in total. The topological polar surface area (TPSA) is 94.0 Å². The number of nitrogens with zero attached hydrogens (tertiary/aromatic N) is 4. The van der Waals surface area contributed by atoms with Crippen molar-refractivity contribution < 1.29 is 9.52 Å². The molecule has 142 valence electrons. The van der Waals surface area contributed by atoms with Crippen molar-refractivity contribution in [3.63, 3.8) is 0 Å². The van der Waals surface area contributed by atoms with E-state index in [1.807, 2.05) is 19.1 Å². The predicted molar refractivity (Wildman–Crippen MR) is 107 cm³/mol. The normalized spacial score (nSPS) is 11.2. The third-order valence-electron chi connectivity index (χ3n) is 4.27. The molecule has 4 aromatic rings. The van der Waals surface area contributed by atoms with Crippen LogP contribution in [0.25, 0.3) is 16.7 Å². The summed E-state index contributed by atoms with van der Waals surface area (Å²) in [6, 6.07) is 11.7. The zero-order valence-electron chi connectivity index (χ0n) is 14.8. The van der Waals surface area contributed by atoms with E-state index in [0.717, 1.165) is 28.6 Å². The molecular formula is C19H15ClN4O3S. The molecular weight excluding hydrogens is 400 g/mol. The number of aromatic nitrogens is 4. The molecule has 28 heavy (non-hydrogen) atoms. The van der Waals surface area contributed by atoms with E-state index >= 15 is 0 Å². The standard InChI is InChI=1S/C19H15ClN4O3S/c1-2-11-7-17-15(9-16(11)20)12(8-18(26)27-17)10-28-19-21-22-23-24(19)13-3-5-14(25)6-4-13/h3-9,25H,2,10H2,1H3. The van der Waals surface area contributed by atoms with Gasteiger partial charge in [-0.25, -0.2) is 4.79 Å². The number of hydrogen-bond acceptors (Lipinski definition) is 7. The molecule has 7 nitrogen and oxygen atoms in total. The average molecular weight is 415 g/mol. The molecule has 2 heterocycles. The maximum absolute atomic E-state index is 12.0. The summed E-state index contributed by atoms with van der Waals surface area (Å²) >= 11 is 7.74. The molecule has 0 fully saturated rings. The van der Waals surface area contributed by atoms with E-state index in [1.165, 1.54) is 17.8 Å². The Hall–Kier alpha value is -2.84. The summed E-state index contributed by atoms with van der Waals surface area (Å²) in [6.45, 7) is 1.99. The summed E-state index contributed by atoms with van der Waals surface area (Å²) in [5.74, 6) is 0.624. The van der Waals surface area contributed by atoms with E-state index in [9.17, 15) is 9.90 Å². The number of tetrazole rings is 1. The van der Waals surface area contributed by atoms with E-state index in [2.05, 4.69) is 15.5 Å². The Kier molecular flexibility index (Phi) is 5.06. The number of thioether (sulfide) groups is 1. The Morgan fingerprint density at radius 2 is 1.96 bits per heavy atom. The van der Waals surface area contributed by atoms with Crippen LogP contribution in [-0.2, 0) is 12.2 Å². The second-order valence-corrected chi connectivity index (χ2v) is 7.41. The molecule has 9 heteroatoms. The van der Waals surface area contributed by atoms with Crippen molar-refractivity contribution >= 4 is 34.3 Å². The second-order valence-electron chi connectivity index (χ2n) is 6.06. The van der Waals surface area contributed by atoms with Crippen molar-refractivity contribution in [3.8, 4) is 11.4 Å². The van der Waals surface area contributed by atoms with Gasteiger partial charge in [0.2, 0.25) is 5.16 Å². The van der Waals surface area contributed by atoms with Gasteiger partial charge >= 0.3 is 5.63 Å². The van der Waals surface area contributed by atoms with Crippen LogP contribution in [0.3, 0.4) is 0 Å². The maximum atomic E-state index is 12.0. The molecule has 0 spiro atoms. The summed E-state index contributed by atoms with van der Waals surface area (Å²) in [5, 5.41) is 23.2. The molecule has 2 aromatic heterocycles. The van der Waals surface area contributed by atoms with Crippen molar-refractivity contribution in [2.45, 2.75) is 24.3 Å². The number of rotatable bonds is 5. The second kappa shape index (κ2) is 7.65. The van der Waals surface area contributed by atoms with Crippen molar-refractivity contribution in [2.24, 2.45) is 0 Å². The van der Waals surface area contributed by atoms with Crippen molar-refractivity contribution in [1.29, 1.82) is 0 Å². The largest absolute Gasteiger partial charge is 0.508 e. The van der Waals surface area contributed by atoms with Crippen LogP contribution < -0.4 is 5.63 Å². The van der Waals surface area contributed by atoms with Crippen LogP contribution in [0.2, 0.25) is 5.02 Å². The predicted octanol–water partition coefficient (Wildman–Crippen LogP) is 3.98. The molecule has 0 amide bonds. The van der Waals surface area contributed by atoms with Gasteiger partial charge in [0.1, 0.15) is 11.3 Å². The van der Waals surface area contributed by atoms with Crippen molar-refractivity contribution in [2.75, 3.05) is 0 Å². The lowest BCUT2D eigenvalue weighted by molar-refractivity contribution is 0.475. The summed E-state index contributed by atoms with van der Waals surface area (Å²) in [4.78, 5) is 12.0. The first-order valence-corrected chi connectivity index (χ1v) is 9.87. The maximum Gasteiger partial charge on any atom is 0.336 e. The Morgan fingerprint density at radius 3 is 2.71 bits per heavy atom. The third kappa shape index (κ3) is 3.61. The average Bonchev–Trinajstić information content (AvgIpc) is 3.15. The minimum atomic E-state index is -0.411. The highest BCUT2D eigenvalue weighted by Crippen LogP contribution is 2.30. The van der Waals surface area contributed by atoms with Crippen LogP contribution in [0.4, 0.5) is 0 Å². The van der Waals surface area contributed by atoms with Crippen LogP contribution in [-0.4, -0.2) is 25.3 Å². The first-order chi connectivity index (χ1) is 13.5. The molecule has 4 rings (SSSR count). The van der Waals surface area contributed by atoms with Crippen LogP contribution in [0, 0.1) is 0 Å². The Labute approximate surface area is 168 Å². The molecule has 0 aliphatic heterocycles. The van der Waals surface area contributed by atoms with Crippen LogP contribution >= 0.6 is 23.4 Å². The van der Waals surface area contributed by atoms with Gasteiger partial charge in [-0.1, -0.05) is 30.3 Å². The first kappa shape index (κ1) is 18.5. The highest BCUT2D eigenvalue weighted by Gasteiger charge is 2.13. The van der Waals surface area contributed by atoms with E-state index in [-0.39, 0.29) is 5.75 Å². The van der Waals surface area contributed by atoms with Crippen LogP contribution in [0.15, 0.2) is 56.8 Å². The number of phenols is 1. The summed E-state index contributed by atoms with van der Waals surface area (Å²) in [7, 11) is 0. The zero-order valence-corrected chi connectivity index (χ0v) is 16.4. The quantitative estimate of drug-likeness (QED) is 0.390. The van der Waals surface area contributed by atoms with E-state index < -0.39 is 5.63 Å². The lowest BCUT2D eigenvalue weighted by Crippen LogP contribution is -2.02. The third-order valence-corrected chi connectivity index (χ3v) is 5.59. The van der Waals surface area contributed by atoms with Gasteiger partial charge in [0, 0.05) is 22.2 Å². The molecule has 0 radical (unpaired) electrons. The molecule has 0 unspecified atom stereocenters. The number of benzene rings is 2. The number of hydrogen-bond donors (Lipinski definition) is 1. The molecule has 0 aliphatic rings. The molecule has 0 saturated heterocycles. The number of aryl methyl sites for hydroxylation is 1. The van der Waals surface area contributed by atoms with Crippen LogP contribution in [0.5, 0.6) is 5.75 Å². The van der Waals surface area contributed by atoms with Crippen LogP contribution in [0.1, 0.15) is 18.1 Å². The Morgan fingerprint density at radius 1 is 1.18 bits per heavy atom. The minimum Gasteiger partial charge on any atom is -0.508 e. The summed E-state index contributed by atoms with van der Waals surface area (Å²) < 4.78 is 6.92. The highest BCUT2D eigenvalue weighted by atomic mass is 35.5. The fourth-order valence-corrected chi connectivity index (χ4v) is 4.03. The van der Waals surface area contributed by atoms with Gasteiger partial charge in [0.05, 0.1) is 5.69 Å². The Balaban J connectivity index is 1.67. The van der Waals surface area contributed by atoms with Gasteiger partial charge in [-0.3, -0.25) is 0 Å². The number of phenolic OH excluding ortho intramolecular Hbond substituents is 1. The minimum absolute atomic E-state index is 0.164. The SMILES string of the molecule is CCc1cc2oc(=O)cc(CSc3nnnn3-c3ccc(O)cc3)c2cc1Cl. The molecule has 0 bridgehead atoms. The summed E-state index contributed by atoms with van der Waals surface area (Å²) in [6.07, 6.45) is 0.749. The van der Waals surface area contributed by atoms with Gasteiger partial charge in [0.15, 0.2) is 0 Å². The van der Waals surface area contributed by atoms with Gasteiger partial charge in [-0.05, 0) is 64.4 Å². The number of fused-ring (bicyclic) bond motifs is 1. The van der Waals surface area contributed by atoms with Gasteiger partial charge in [0.25, 0.3) is 0 Å². The lowest BCUT2D eigenvalue weighted by Gasteiger charge is -2.08. The van der Waals surface area contributed by atoms with E-state index in [0.29, 0.717) is 21.5 Å². The molecule has 0 saturated carbocycles. The summed E-state index contributed by atoms with van der Waals surface area (Å²) in [5.41, 5.74) is 2.55. The monoisotopic (exact) mass is 414 g/mol. The fraction of sp³-hybridized carbons (Fsp3) is 0.158. The molecule has 2 aromatic carbocycles. The van der Waals surface area contributed by atoms with E-state index in [4.69, 9.17) is 16.0 Å². The number of aromatic hydroxyl groups is 1. The lowest BCUT2D eigenvalue weighted by atomic mass is 10.1. The van der Waals surface area contributed by atoms with Crippen molar-refractivity contribution in [3.05, 3.63) is 69.0 Å². The molecule has 0 aliphatic carbocycles. The highest BCUT2D eigenvalue weighted by molar-refractivity contribution is 7.98. The zero-order chi connectivity index (χ0) is 19.7. The van der Waals surface area contributed by atoms with Crippen molar-refractivity contribution in [1.82, 2.24) is 20.2 Å². The first-order valence-electron chi connectivity index (χ1n) is 8.51. The number of halogens is 1. The van der Waals surface area contributed by atoms with Gasteiger partial charge in [-0.15, -0.1) is 5.10 Å². The fourth-order valence-electron chi connectivity index (χ4n) is 2.85. The molecule has 0 atom stereocenters. The van der Waals surface area contributed by atoms with E-state index in [1.54, 1.807) is 28.9 Å². The Bertz CT molecular complexity index is 1200. The van der Waals surface area contributed by atoms with Gasteiger partial charge in [-0.2, -0.15) is 4.68 Å². The van der Waals surface area contributed by atoms with Gasteiger partial charge < -0.3 is 9.52 Å².